The Morgan fingerprint density at radius 1 is 1.28 bits per heavy atom. The molecule has 6 nitrogen and oxygen atoms in total. The molecule has 2 heterocycles. The molecule has 1 amide bonds. The van der Waals surface area contributed by atoms with Crippen molar-refractivity contribution in [3.8, 4) is 11.1 Å². The highest BCUT2D eigenvalue weighted by Crippen LogP contribution is 2.33. The van der Waals surface area contributed by atoms with Crippen LogP contribution in [-0.4, -0.2) is 30.0 Å². The Bertz CT molecular complexity index is 911. The second-order valence-electron chi connectivity index (χ2n) is 6.20. The summed E-state index contributed by atoms with van der Waals surface area (Å²) in [6.07, 6.45) is 6.01. The Morgan fingerprint density at radius 2 is 2.04 bits per heavy atom. The van der Waals surface area contributed by atoms with E-state index in [9.17, 15) is 13.2 Å². The van der Waals surface area contributed by atoms with Gasteiger partial charge < -0.3 is 5.32 Å². The summed E-state index contributed by atoms with van der Waals surface area (Å²) in [5, 5.41) is 2.58. The molecule has 0 radical (unpaired) electrons. The van der Waals surface area contributed by atoms with Crippen molar-refractivity contribution in [3.63, 3.8) is 0 Å². The molecule has 0 unspecified atom stereocenters. The van der Waals surface area contributed by atoms with Crippen LogP contribution in [0.5, 0.6) is 0 Å². The third-order valence-electron chi connectivity index (χ3n) is 4.22. The quantitative estimate of drug-likeness (QED) is 0.805. The number of hydrogen-bond donors (Lipinski definition) is 1. The zero-order chi connectivity index (χ0) is 18.0. The first-order valence-electron chi connectivity index (χ1n) is 7.97. The van der Waals surface area contributed by atoms with Gasteiger partial charge in [-0.1, -0.05) is 18.0 Å². The smallest absolute Gasteiger partial charge is 0.222 e. The van der Waals surface area contributed by atoms with Gasteiger partial charge in [0, 0.05) is 24.9 Å². The number of halogens is 1. The average molecular weight is 380 g/mol. The first-order valence-corrected chi connectivity index (χ1v) is 10.0. The number of aromatic nitrogens is 2. The highest BCUT2D eigenvalue weighted by Gasteiger charge is 2.28. The molecule has 0 spiro atoms. The van der Waals surface area contributed by atoms with Gasteiger partial charge in [0.2, 0.25) is 5.91 Å². The van der Waals surface area contributed by atoms with Crippen molar-refractivity contribution in [1.29, 1.82) is 0 Å². The molecule has 3 rings (SSSR count). The number of amides is 1. The summed E-state index contributed by atoms with van der Waals surface area (Å²) in [7, 11) is -3.49. The maximum Gasteiger partial charge on any atom is 0.222 e. The monoisotopic (exact) mass is 379 g/mol. The Morgan fingerprint density at radius 3 is 2.68 bits per heavy atom. The maximum absolute atomic E-state index is 12.7. The molecule has 1 saturated carbocycles. The first kappa shape index (κ1) is 17.8. The second kappa shape index (κ2) is 7.09. The molecular formula is C17H18ClN3O3S. The van der Waals surface area contributed by atoms with E-state index in [2.05, 4.69) is 15.3 Å². The predicted molar refractivity (Wildman–Crippen MR) is 96.2 cm³/mol. The van der Waals surface area contributed by atoms with Gasteiger partial charge in [0.25, 0.3) is 0 Å². The number of sulfone groups is 1. The van der Waals surface area contributed by atoms with Gasteiger partial charge in [-0.05, 0) is 42.5 Å². The number of anilines is 1. The van der Waals surface area contributed by atoms with Crippen LogP contribution in [0.2, 0.25) is 5.15 Å². The van der Waals surface area contributed by atoms with Crippen LogP contribution in [0, 0.1) is 5.92 Å². The van der Waals surface area contributed by atoms with E-state index in [1.165, 1.54) is 25.4 Å². The fourth-order valence-corrected chi connectivity index (χ4v) is 4.93. The minimum absolute atomic E-state index is 0.0146. The van der Waals surface area contributed by atoms with Gasteiger partial charge in [0.15, 0.2) is 9.84 Å². The predicted octanol–water partition coefficient (Wildman–Crippen LogP) is 3.33. The van der Waals surface area contributed by atoms with Crippen molar-refractivity contribution >= 4 is 33.2 Å². The van der Waals surface area contributed by atoms with Crippen LogP contribution in [0.4, 0.5) is 5.82 Å². The molecule has 0 aromatic carbocycles. The summed E-state index contributed by atoms with van der Waals surface area (Å²) in [5.41, 5.74) is 1.30. The molecule has 25 heavy (non-hydrogen) atoms. The third kappa shape index (κ3) is 4.16. The summed E-state index contributed by atoms with van der Waals surface area (Å²) in [4.78, 5) is 19.3. The molecule has 1 fully saturated rings. The molecule has 8 heteroatoms. The fourth-order valence-electron chi connectivity index (χ4n) is 2.72. The molecule has 0 aliphatic heterocycles. The lowest BCUT2D eigenvalue weighted by atomic mass is 9.87. The molecule has 0 bridgehead atoms. The molecule has 2 aromatic rings. The highest BCUT2D eigenvalue weighted by atomic mass is 35.5. The molecule has 1 aliphatic carbocycles. The van der Waals surface area contributed by atoms with Gasteiger partial charge >= 0.3 is 0 Å². The molecule has 2 aromatic heterocycles. The Labute approximate surface area is 151 Å². The van der Waals surface area contributed by atoms with Crippen LogP contribution in [0.3, 0.4) is 0 Å². The highest BCUT2D eigenvalue weighted by molar-refractivity contribution is 7.91. The van der Waals surface area contributed by atoms with Crippen LogP contribution < -0.4 is 5.32 Å². The SMILES string of the molecule is CC(=O)Nc1cc(-c2cnc(Cl)c(S(=O)(=O)CC3CCC3)c2)ccn1. The lowest BCUT2D eigenvalue weighted by molar-refractivity contribution is -0.114. The van der Waals surface area contributed by atoms with Crippen LogP contribution in [0.25, 0.3) is 11.1 Å². The van der Waals surface area contributed by atoms with Gasteiger partial charge in [-0.3, -0.25) is 4.79 Å². The van der Waals surface area contributed by atoms with E-state index in [-0.39, 0.29) is 27.6 Å². The first-order chi connectivity index (χ1) is 11.8. The van der Waals surface area contributed by atoms with Crippen molar-refractivity contribution in [2.45, 2.75) is 31.1 Å². The number of nitrogens with one attached hydrogen (secondary N) is 1. The summed E-state index contributed by atoms with van der Waals surface area (Å²) < 4.78 is 25.3. The number of carbonyl (C=O) groups is 1. The van der Waals surface area contributed by atoms with E-state index in [0.717, 1.165) is 19.3 Å². The second-order valence-corrected chi connectivity index (χ2v) is 8.56. The standard InChI is InChI=1S/C17H18ClN3O3S/c1-11(22)21-16-8-13(5-6-19-16)14-7-15(17(18)20-9-14)25(23,24)10-12-3-2-4-12/h5-9,12H,2-4,10H2,1H3,(H,19,21,22). The summed E-state index contributed by atoms with van der Waals surface area (Å²) in [6, 6.07) is 4.92. The summed E-state index contributed by atoms with van der Waals surface area (Å²) >= 11 is 6.05. The summed E-state index contributed by atoms with van der Waals surface area (Å²) in [6.45, 7) is 1.39. The number of nitrogens with zero attached hydrogens (tertiary/aromatic N) is 2. The van der Waals surface area contributed by atoms with Crippen molar-refractivity contribution in [2.75, 3.05) is 11.1 Å². The van der Waals surface area contributed by atoms with Gasteiger partial charge in [0.05, 0.1) is 5.75 Å². The largest absolute Gasteiger partial charge is 0.311 e. The van der Waals surface area contributed by atoms with E-state index in [1.807, 2.05) is 0 Å². The van der Waals surface area contributed by atoms with Gasteiger partial charge in [0.1, 0.15) is 15.9 Å². The topological polar surface area (TPSA) is 89.0 Å². The third-order valence-corrected chi connectivity index (χ3v) is 6.52. The number of rotatable bonds is 5. The Balaban J connectivity index is 1.95. The zero-order valence-electron chi connectivity index (χ0n) is 13.7. The van der Waals surface area contributed by atoms with E-state index < -0.39 is 9.84 Å². The fraction of sp³-hybridized carbons (Fsp3) is 0.353. The zero-order valence-corrected chi connectivity index (χ0v) is 15.3. The molecule has 1 aliphatic rings. The van der Waals surface area contributed by atoms with E-state index >= 15 is 0 Å². The van der Waals surface area contributed by atoms with Crippen LogP contribution in [0.15, 0.2) is 35.5 Å². The average Bonchev–Trinajstić information content (AvgIpc) is 2.51. The lowest BCUT2D eigenvalue weighted by Crippen LogP contribution is -2.22. The molecule has 0 saturated heterocycles. The van der Waals surface area contributed by atoms with Crippen molar-refractivity contribution < 1.29 is 13.2 Å². The normalized spacial score (nSPS) is 14.8. The summed E-state index contributed by atoms with van der Waals surface area (Å²) in [5.74, 6) is 0.462. The van der Waals surface area contributed by atoms with Crippen molar-refractivity contribution in [1.82, 2.24) is 9.97 Å². The molecular weight excluding hydrogens is 362 g/mol. The van der Waals surface area contributed by atoms with Gasteiger partial charge in [-0.15, -0.1) is 0 Å². The Kier molecular flexibility index (Phi) is 5.06. The molecule has 1 N–H and O–H groups in total. The maximum atomic E-state index is 12.7. The molecule has 0 atom stereocenters. The number of pyridine rings is 2. The van der Waals surface area contributed by atoms with E-state index in [0.29, 0.717) is 16.9 Å². The Hall–Kier alpha value is -1.99. The lowest BCUT2D eigenvalue weighted by Gasteiger charge is -2.25. The minimum atomic E-state index is -3.49. The van der Waals surface area contributed by atoms with Crippen LogP contribution in [0.1, 0.15) is 26.2 Å². The number of hydrogen-bond acceptors (Lipinski definition) is 5. The van der Waals surface area contributed by atoms with Crippen LogP contribution >= 0.6 is 11.6 Å². The van der Waals surface area contributed by atoms with Crippen molar-refractivity contribution in [3.05, 3.63) is 35.7 Å². The van der Waals surface area contributed by atoms with E-state index in [1.54, 1.807) is 12.1 Å². The van der Waals surface area contributed by atoms with Gasteiger partial charge in [-0.2, -0.15) is 0 Å². The minimum Gasteiger partial charge on any atom is -0.311 e. The van der Waals surface area contributed by atoms with Crippen LogP contribution in [-0.2, 0) is 14.6 Å². The van der Waals surface area contributed by atoms with Crippen molar-refractivity contribution in [2.24, 2.45) is 5.92 Å². The molecule has 132 valence electrons. The van der Waals surface area contributed by atoms with Gasteiger partial charge in [-0.25, -0.2) is 18.4 Å². The number of carbonyl (C=O) groups excluding carboxylic acids is 1. The van der Waals surface area contributed by atoms with E-state index in [4.69, 9.17) is 11.6 Å².